The second kappa shape index (κ2) is 8.54. The van der Waals surface area contributed by atoms with Gasteiger partial charge in [0.15, 0.2) is 5.69 Å². The number of nitrogens with one attached hydrogen (secondary N) is 1. The number of aliphatic hydroxyl groups excluding tert-OH is 3. The van der Waals surface area contributed by atoms with Gasteiger partial charge in [0.05, 0.1) is 25.5 Å². The molecule has 1 amide bonds. The van der Waals surface area contributed by atoms with E-state index in [0.29, 0.717) is 18.7 Å². The number of alkyl halides is 3. The van der Waals surface area contributed by atoms with Crippen molar-refractivity contribution in [1.29, 1.82) is 0 Å². The van der Waals surface area contributed by atoms with Gasteiger partial charge >= 0.3 is 6.18 Å². The molecule has 30 heavy (non-hydrogen) atoms. The summed E-state index contributed by atoms with van der Waals surface area (Å²) in [7, 11) is 0. The smallest absolute Gasteiger partial charge is 0.394 e. The molecule has 1 fully saturated rings. The van der Waals surface area contributed by atoms with Crippen LogP contribution in [0.5, 0.6) is 0 Å². The van der Waals surface area contributed by atoms with Crippen molar-refractivity contribution in [3.05, 3.63) is 41.6 Å². The van der Waals surface area contributed by atoms with Gasteiger partial charge < -0.3 is 25.5 Å². The van der Waals surface area contributed by atoms with Crippen LogP contribution in [0.1, 0.15) is 22.5 Å². The molecule has 4 N–H and O–H groups in total. The van der Waals surface area contributed by atoms with Crippen LogP contribution in [-0.4, -0.2) is 69.6 Å². The Morgan fingerprint density at radius 1 is 1.03 bits per heavy atom. The first-order valence-corrected chi connectivity index (χ1v) is 9.18. The Morgan fingerprint density at radius 2 is 1.63 bits per heavy atom. The van der Waals surface area contributed by atoms with Gasteiger partial charge in [-0.2, -0.15) is 13.2 Å². The number of rotatable bonds is 7. The molecule has 0 spiro atoms. The number of anilines is 1. The predicted molar refractivity (Wildman–Crippen MR) is 101 cm³/mol. The maximum absolute atomic E-state index is 13.3. The van der Waals surface area contributed by atoms with E-state index in [-0.39, 0.29) is 17.2 Å². The lowest BCUT2D eigenvalue weighted by Crippen LogP contribution is -2.57. The number of nitrogens with zero attached hydrogens (tertiary/aromatic N) is 3. The highest BCUT2D eigenvalue weighted by Gasteiger charge is 2.35. The van der Waals surface area contributed by atoms with E-state index in [0.717, 1.165) is 12.5 Å². The van der Waals surface area contributed by atoms with E-state index in [1.54, 1.807) is 4.90 Å². The Morgan fingerprint density at radius 3 is 2.10 bits per heavy atom. The van der Waals surface area contributed by atoms with Crippen LogP contribution >= 0.6 is 0 Å². The van der Waals surface area contributed by atoms with Crippen LogP contribution in [0, 0.1) is 0 Å². The van der Waals surface area contributed by atoms with Crippen LogP contribution in [0.25, 0.3) is 11.3 Å². The minimum Gasteiger partial charge on any atom is -0.394 e. The molecule has 0 saturated carbocycles. The van der Waals surface area contributed by atoms with Crippen molar-refractivity contribution < 1.29 is 33.3 Å². The lowest BCUT2D eigenvalue weighted by molar-refractivity contribution is -0.141. The minimum absolute atomic E-state index is 0.00603. The first kappa shape index (κ1) is 21.9. The molecule has 0 atom stereocenters. The second-order valence-electron chi connectivity index (χ2n) is 7.06. The summed E-state index contributed by atoms with van der Waals surface area (Å²) >= 11 is 0. The molecule has 0 unspecified atom stereocenters. The Kier molecular flexibility index (Phi) is 6.25. The fourth-order valence-electron chi connectivity index (χ4n) is 2.76. The molecule has 8 nitrogen and oxygen atoms in total. The number of carbonyl (C=O) groups is 1. The number of aliphatic hydroxyl groups is 3. The summed E-state index contributed by atoms with van der Waals surface area (Å²) in [5, 5.41) is 30.3. The van der Waals surface area contributed by atoms with Crippen LogP contribution in [-0.2, 0) is 6.18 Å². The number of aromatic nitrogens is 2. The molecule has 162 valence electrons. The average molecular weight is 426 g/mol. The molecule has 1 aliphatic heterocycles. The van der Waals surface area contributed by atoms with Crippen LogP contribution in [0.3, 0.4) is 0 Å². The Labute approximate surface area is 170 Å². The maximum Gasteiger partial charge on any atom is 0.433 e. The van der Waals surface area contributed by atoms with Gasteiger partial charge in [-0.25, -0.2) is 9.97 Å². The third kappa shape index (κ3) is 4.53. The zero-order valence-electron chi connectivity index (χ0n) is 15.9. The van der Waals surface area contributed by atoms with Crippen LogP contribution in [0.15, 0.2) is 30.3 Å². The molecule has 1 saturated heterocycles. The second-order valence-corrected chi connectivity index (χ2v) is 7.06. The molecule has 11 heteroatoms. The molecule has 3 rings (SSSR count). The first-order chi connectivity index (χ1) is 14.2. The van der Waals surface area contributed by atoms with Gasteiger partial charge in [0.2, 0.25) is 5.95 Å². The van der Waals surface area contributed by atoms with Gasteiger partial charge in [0, 0.05) is 24.2 Å². The van der Waals surface area contributed by atoms with Gasteiger partial charge in [0.25, 0.3) is 5.91 Å². The molecule has 2 heterocycles. The standard InChI is InChI=1S/C19H21F3N4O4/c20-19(21,22)15-8-14(23-17(24-15)26-6-1-7-26)12-2-4-13(5-3-12)16(30)25-18(9-27,10-28)11-29/h2-5,8,27-29H,1,6-7,9-11H2,(H,25,30). The number of hydrogen-bond acceptors (Lipinski definition) is 7. The summed E-state index contributed by atoms with van der Waals surface area (Å²) in [6.45, 7) is -0.858. The fourth-order valence-corrected chi connectivity index (χ4v) is 2.76. The van der Waals surface area contributed by atoms with Crippen molar-refractivity contribution in [2.45, 2.75) is 18.1 Å². The number of amides is 1. The molecule has 1 aromatic carbocycles. The summed E-state index contributed by atoms with van der Waals surface area (Å²) in [5.74, 6) is -0.662. The highest BCUT2D eigenvalue weighted by Crippen LogP contribution is 2.32. The lowest BCUT2D eigenvalue weighted by Gasteiger charge is -2.31. The van der Waals surface area contributed by atoms with E-state index in [9.17, 15) is 33.3 Å². The number of halogens is 3. The average Bonchev–Trinajstić information content (AvgIpc) is 2.70. The summed E-state index contributed by atoms with van der Waals surface area (Å²) in [6, 6.07) is 6.48. The largest absolute Gasteiger partial charge is 0.433 e. The van der Waals surface area contributed by atoms with Gasteiger partial charge in [-0.1, -0.05) is 12.1 Å². The van der Waals surface area contributed by atoms with Crippen molar-refractivity contribution in [2.24, 2.45) is 0 Å². The minimum atomic E-state index is -4.63. The Balaban J connectivity index is 1.88. The monoisotopic (exact) mass is 426 g/mol. The SMILES string of the molecule is O=C(NC(CO)(CO)CO)c1ccc(-c2cc(C(F)(F)F)nc(N3CCC3)n2)cc1. The van der Waals surface area contributed by atoms with E-state index in [1.807, 2.05) is 0 Å². The lowest BCUT2D eigenvalue weighted by atomic mass is 10.0. The molecular formula is C19H21F3N4O4. The third-order valence-electron chi connectivity index (χ3n) is 4.87. The van der Waals surface area contributed by atoms with E-state index in [4.69, 9.17) is 0 Å². The van der Waals surface area contributed by atoms with Gasteiger partial charge in [-0.15, -0.1) is 0 Å². The van der Waals surface area contributed by atoms with Crippen LogP contribution in [0.2, 0.25) is 0 Å². The Bertz CT molecular complexity index is 889. The highest BCUT2D eigenvalue weighted by molar-refractivity contribution is 5.95. The molecule has 0 aliphatic carbocycles. The number of carbonyl (C=O) groups excluding carboxylic acids is 1. The quantitative estimate of drug-likeness (QED) is 0.518. The molecular weight excluding hydrogens is 405 g/mol. The normalized spacial score (nSPS) is 14.4. The highest BCUT2D eigenvalue weighted by atomic mass is 19.4. The van der Waals surface area contributed by atoms with Crippen molar-refractivity contribution in [3.63, 3.8) is 0 Å². The van der Waals surface area contributed by atoms with Crippen molar-refractivity contribution in [3.8, 4) is 11.3 Å². The molecule has 0 radical (unpaired) electrons. The summed E-state index contributed by atoms with van der Waals surface area (Å²) < 4.78 is 39.8. The van der Waals surface area contributed by atoms with E-state index in [2.05, 4.69) is 15.3 Å². The topological polar surface area (TPSA) is 119 Å². The molecule has 1 aliphatic rings. The fraction of sp³-hybridized carbons (Fsp3) is 0.421. The van der Waals surface area contributed by atoms with Gasteiger partial charge in [-0.3, -0.25) is 4.79 Å². The van der Waals surface area contributed by atoms with E-state index >= 15 is 0 Å². The summed E-state index contributed by atoms with van der Waals surface area (Å²) in [4.78, 5) is 21.8. The van der Waals surface area contributed by atoms with Crippen LogP contribution in [0.4, 0.5) is 19.1 Å². The zero-order chi connectivity index (χ0) is 21.9. The van der Waals surface area contributed by atoms with Crippen LogP contribution < -0.4 is 10.2 Å². The van der Waals surface area contributed by atoms with E-state index < -0.39 is 43.1 Å². The maximum atomic E-state index is 13.3. The van der Waals surface area contributed by atoms with Gasteiger partial charge in [-0.05, 0) is 24.6 Å². The molecule has 0 bridgehead atoms. The van der Waals surface area contributed by atoms with E-state index in [1.165, 1.54) is 24.3 Å². The zero-order valence-corrected chi connectivity index (χ0v) is 15.9. The molecule has 1 aromatic heterocycles. The van der Waals surface area contributed by atoms with Crippen molar-refractivity contribution >= 4 is 11.9 Å². The number of hydrogen-bond donors (Lipinski definition) is 4. The number of benzene rings is 1. The van der Waals surface area contributed by atoms with Crippen molar-refractivity contribution in [1.82, 2.24) is 15.3 Å². The third-order valence-corrected chi connectivity index (χ3v) is 4.87. The van der Waals surface area contributed by atoms with Gasteiger partial charge in [0.1, 0.15) is 5.54 Å². The predicted octanol–water partition coefficient (Wildman–Crippen LogP) is 0.818. The van der Waals surface area contributed by atoms with Crippen molar-refractivity contribution in [2.75, 3.05) is 37.8 Å². The summed E-state index contributed by atoms with van der Waals surface area (Å²) in [6.07, 6.45) is -3.77. The molecule has 2 aromatic rings. The Hall–Kier alpha value is -2.76. The first-order valence-electron chi connectivity index (χ1n) is 9.18. The summed E-state index contributed by atoms with van der Waals surface area (Å²) in [5.41, 5.74) is -2.07.